The van der Waals surface area contributed by atoms with Crippen LogP contribution in [0.1, 0.15) is 11.3 Å². The summed E-state index contributed by atoms with van der Waals surface area (Å²) >= 11 is 2.94. The molecule has 0 aliphatic carbocycles. The molecule has 0 fully saturated rings. The summed E-state index contributed by atoms with van der Waals surface area (Å²) in [6.07, 6.45) is 1.21. The van der Waals surface area contributed by atoms with Crippen LogP contribution in [0.25, 0.3) is 10.6 Å². The van der Waals surface area contributed by atoms with Crippen LogP contribution >= 0.6 is 22.7 Å². The van der Waals surface area contributed by atoms with Gasteiger partial charge in [0.2, 0.25) is 5.91 Å². The summed E-state index contributed by atoms with van der Waals surface area (Å²) in [6, 6.07) is 3.13. The molecule has 0 aliphatic rings. The van der Waals surface area contributed by atoms with Gasteiger partial charge in [0.1, 0.15) is 9.84 Å². The third-order valence-corrected chi connectivity index (χ3v) is 5.62. The molecule has 1 atom stereocenters. The summed E-state index contributed by atoms with van der Waals surface area (Å²) in [4.78, 5) is 18.5. The lowest BCUT2D eigenvalue weighted by atomic mass is 10.2. The van der Waals surface area contributed by atoms with Crippen LogP contribution < -0.4 is 11.1 Å². The number of sulfone groups is 1. The standard InChI is InChI=1S/C13H17N3O3S3/c1-8-3-4-11(21-8)10-7-20-13(15-10)16-12(17)9(14)5-6-22(2,18)19/h3-4,7,9H,5-6,14H2,1-2H3,(H,15,16,17). The fraction of sp³-hybridized carbons (Fsp3) is 0.385. The van der Waals surface area contributed by atoms with Gasteiger partial charge in [-0.1, -0.05) is 0 Å². The van der Waals surface area contributed by atoms with E-state index in [0.717, 1.165) is 16.8 Å². The van der Waals surface area contributed by atoms with E-state index in [9.17, 15) is 13.2 Å². The minimum atomic E-state index is -3.13. The second-order valence-electron chi connectivity index (χ2n) is 4.96. The number of nitrogens with zero attached hydrogens (tertiary/aromatic N) is 1. The van der Waals surface area contributed by atoms with Gasteiger partial charge in [-0.05, 0) is 25.5 Å². The molecule has 22 heavy (non-hydrogen) atoms. The molecule has 0 bridgehead atoms. The molecule has 2 rings (SSSR count). The lowest BCUT2D eigenvalue weighted by Gasteiger charge is -2.09. The van der Waals surface area contributed by atoms with Crippen molar-refractivity contribution in [2.45, 2.75) is 19.4 Å². The summed E-state index contributed by atoms with van der Waals surface area (Å²) in [6.45, 7) is 2.02. The van der Waals surface area contributed by atoms with Crippen molar-refractivity contribution < 1.29 is 13.2 Å². The van der Waals surface area contributed by atoms with E-state index >= 15 is 0 Å². The topological polar surface area (TPSA) is 102 Å². The van der Waals surface area contributed by atoms with E-state index in [1.807, 2.05) is 24.4 Å². The average molecular weight is 359 g/mol. The molecule has 0 radical (unpaired) electrons. The molecule has 0 saturated heterocycles. The number of nitrogens with one attached hydrogen (secondary N) is 1. The minimum Gasteiger partial charge on any atom is -0.320 e. The van der Waals surface area contributed by atoms with Crippen molar-refractivity contribution in [3.8, 4) is 10.6 Å². The van der Waals surface area contributed by atoms with Crippen LogP contribution in [0, 0.1) is 6.92 Å². The van der Waals surface area contributed by atoms with E-state index in [1.165, 1.54) is 16.2 Å². The number of anilines is 1. The lowest BCUT2D eigenvalue weighted by Crippen LogP contribution is -2.37. The SMILES string of the molecule is Cc1ccc(-c2csc(NC(=O)C(N)CCS(C)(=O)=O)n2)s1. The summed E-state index contributed by atoms with van der Waals surface area (Å²) in [5, 5.41) is 4.95. The van der Waals surface area contributed by atoms with Crippen molar-refractivity contribution in [1.29, 1.82) is 0 Å². The number of hydrogen-bond acceptors (Lipinski definition) is 7. The molecule has 3 N–H and O–H groups in total. The van der Waals surface area contributed by atoms with E-state index in [4.69, 9.17) is 5.73 Å². The van der Waals surface area contributed by atoms with Crippen LogP contribution in [0.5, 0.6) is 0 Å². The molecular weight excluding hydrogens is 342 g/mol. The molecule has 6 nitrogen and oxygen atoms in total. The first kappa shape index (κ1) is 17.1. The van der Waals surface area contributed by atoms with E-state index < -0.39 is 21.8 Å². The van der Waals surface area contributed by atoms with Gasteiger partial charge in [-0.25, -0.2) is 13.4 Å². The smallest absolute Gasteiger partial charge is 0.243 e. The predicted molar refractivity (Wildman–Crippen MR) is 91.1 cm³/mol. The van der Waals surface area contributed by atoms with Gasteiger partial charge in [-0.15, -0.1) is 22.7 Å². The summed E-state index contributed by atoms with van der Waals surface area (Å²) in [5.41, 5.74) is 6.50. The Morgan fingerprint density at radius 1 is 1.45 bits per heavy atom. The van der Waals surface area contributed by atoms with Gasteiger partial charge in [0.05, 0.1) is 22.4 Å². The first-order valence-corrected chi connectivity index (χ1v) is 10.3. The van der Waals surface area contributed by atoms with Crippen LogP contribution in [-0.4, -0.2) is 37.4 Å². The number of thiazole rings is 1. The first-order chi connectivity index (χ1) is 10.2. The fourth-order valence-corrected chi connectivity index (χ4v) is 3.99. The molecule has 2 heterocycles. The van der Waals surface area contributed by atoms with Crippen LogP contribution in [-0.2, 0) is 14.6 Å². The van der Waals surface area contributed by atoms with Gasteiger partial charge in [-0.2, -0.15) is 0 Å². The zero-order chi connectivity index (χ0) is 16.3. The van der Waals surface area contributed by atoms with Gasteiger partial charge < -0.3 is 11.1 Å². The number of hydrogen-bond donors (Lipinski definition) is 2. The molecule has 1 unspecified atom stereocenters. The number of amides is 1. The van der Waals surface area contributed by atoms with Crippen molar-refractivity contribution in [3.63, 3.8) is 0 Å². The molecular formula is C13H17N3O3S3. The minimum absolute atomic E-state index is 0.0903. The highest BCUT2D eigenvalue weighted by molar-refractivity contribution is 7.90. The van der Waals surface area contributed by atoms with E-state index in [2.05, 4.69) is 10.3 Å². The van der Waals surface area contributed by atoms with Gasteiger partial charge in [-0.3, -0.25) is 4.79 Å². The van der Waals surface area contributed by atoms with Crippen LogP contribution in [0.4, 0.5) is 5.13 Å². The molecule has 2 aromatic heterocycles. The molecule has 120 valence electrons. The van der Waals surface area contributed by atoms with E-state index in [0.29, 0.717) is 5.13 Å². The molecule has 0 saturated carbocycles. The molecule has 9 heteroatoms. The number of carbonyl (C=O) groups is 1. The number of aryl methyl sites for hydroxylation is 1. The average Bonchev–Trinajstić information content (AvgIpc) is 3.04. The van der Waals surface area contributed by atoms with Crippen molar-refractivity contribution in [2.75, 3.05) is 17.3 Å². The molecule has 0 spiro atoms. The molecule has 0 aromatic carbocycles. The molecule has 0 aliphatic heterocycles. The van der Waals surface area contributed by atoms with Crippen molar-refractivity contribution >= 4 is 43.5 Å². The first-order valence-electron chi connectivity index (χ1n) is 6.51. The zero-order valence-electron chi connectivity index (χ0n) is 12.2. The Bertz CT molecular complexity index is 764. The van der Waals surface area contributed by atoms with Crippen molar-refractivity contribution in [2.24, 2.45) is 5.73 Å². The Labute approximate surface area is 137 Å². The highest BCUT2D eigenvalue weighted by Gasteiger charge is 2.17. The predicted octanol–water partition coefficient (Wildman–Crippen LogP) is 1.88. The largest absolute Gasteiger partial charge is 0.320 e. The van der Waals surface area contributed by atoms with Gasteiger partial charge in [0.25, 0.3) is 0 Å². The summed E-state index contributed by atoms with van der Waals surface area (Å²) in [7, 11) is -3.13. The number of rotatable bonds is 6. The third kappa shape index (κ3) is 4.87. The second-order valence-corrected chi connectivity index (χ2v) is 9.37. The maximum Gasteiger partial charge on any atom is 0.243 e. The van der Waals surface area contributed by atoms with E-state index in [1.54, 1.807) is 11.3 Å². The monoisotopic (exact) mass is 359 g/mol. The van der Waals surface area contributed by atoms with Gasteiger partial charge in [0.15, 0.2) is 5.13 Å². The van der Waals surface area contributed by atoms with E-state index in [-0.39, 0.29) is 12.2 Å². The zero-order valence-corrected chi connectivity index (χ0v) is 14.6. The Hall–Kier alpha value is -1.29. The maximum absolute atomic E-state index is 11.9. The number of carbonyl (C=O) groups excluding carboxylic acids is 1. The Morgan fingerprint density at radius 2 is 2.18 bits per heavy atom. The fourth-order valence-electron chi connectivity index (χ4n) is 1.69. The number of thiophene rings is 1. The van der Waals surface area contributed by atoms with Crippen molar-refractivity contribution in [3.05, 3.63) is 22.4 Å². The Balaban J connectivity index is 1.96. The molecule has 2 aromatic rings. The Kier molecular flexibility index (Phi) is 5.32. The highest BCUT2D eigenvalue weighted by Crippen LogP contribution is 2.30. The number of aromatic nitrogens is 1. The quantitative estimate of drug-likeness (QED) is 0.820. The second kappa shape index (κ2) is 6.86. The van der Waals surface area contributed by atoms with Crippen LogP contribution in [0.15, 0.2) is 17.5 Å². The summed E-state index contributed by atoms with van der Waals surface area (Å²) in [5.74, 6) is -0.536. The van der Waals surface area contributed by atoms with Crippen LogP contribution in [0.3, 0.4) is 0 Å². The van der Waals surface area contributed by atoms with Crippen LogP contribution in [0.2, 0.25) is 0 Å². The van der Waals surface area contributed by atoms with Gasteiger partial charge in [0, 0.05) is 16.5 Å². The lowest BCUT2D eigenvalue weighted by molar-refractivity contribution is -0.117. The maximum atomic E-state index is 11.9. The normalized spacial score (nSPS) is 13.0. The Morgan fingerprint density at radius 3 is 2.77 bits per heavy atom. The molecule has 1 amide bonds. The number of nitrogens with two attached hydrogens (primary N) is 1. The highest BCUT2D eigenvalue weighted by atomic mass is 32.2. The summed E-state index contributed by atoms with van der Waals surface area (Å²) < 4.78 is 22.2. The third-order valence-electron chi connectivity index (χ3n) is 2.86. The van der Waals surface area contributed by atoms with Crippen molar-refractivity contribution in [1.82, 2.24) is 4.98 Å². The van der Waals surface area contributed by atoms with Gasteiger partial charge >= 0.3 is 0 Å².